The van der Waals surface area contributed by atoms with Crippen LogP contribution in [0, 0.1) is 5.92 Å². The summed E-state index contributed by atoms with van der Waals surface area (Å²) in [5.41, 5.74) is 0.995. The number of ketones is 1. The first kappa shape index (κ1) is 12.3. The molecule has 0 saturated carbocycles. The van der Waals surface area contributed by atoms with Crippen LogP contribution >= 0.6 is 0 Å². The van der Waals surface area contributed by atoms with Crippen LogP contribution < -0.4 is 0 Å². The van der Waals surface area contributed by atoms with E-state index in [0.29, 0.717) is 24.5 Å². The smallest absolute Gasteiger partial charge is 0.222 e. The van der Waals surface area contributed by atoms with E-state index in [-0.39, 0.29) is 5.91 Å². The molecular formula is C14H21NO2. The van der Waals surface area contributed by atoms with Gasteiger partial charge in [0.15, 0.2) is 5.78 Å². The molecule has 94 valence electrons. The second-order valence-electron chi connectivity index (χ2n) is 5.29. The van der Waals surface area contributed by atoms with Crippen molar-refractivity contribution in [3.05, 3.63) is 11.6 Å². The number of Topliss-reactive ketones (excluding diaryl/α,β-unsaturated/α-hetero) is 1. The molecule has 0 spiro atoms. The Bertz CT molecular complexity index is 346. The van der Waals surface area contributed by atoms with Crippen molar-refractivity contribution in [1.82, 2.24) is 4.90 Å². The van der Waals surface area contributed by atoms with E-state index in [1.54, 1.807) is 0 Å². The number of hydrogen-bond acceptors (Lipinski definition) is 2. The molecule has 1 aliphatic heterocycles. The molecule has 1 aliphatic carbocycles. The van der Waals surface area contributed by atoms with E-state index >= 15 is 0 Å². The average Bonchev–Trinajstić information content (AvgIpc) is 2.68. The van der Waals surface area contributed by atoms with E-state index in [1.807, 2.05) is 4.90 Å². The largest absolute Gasteiger partial charge is 0.343 e. The topological polar surface area (TPSA) is 37.4 Å². The Labute approximate surface area is 103 Å². The van der Waals surface area contributed by atoms with Crippen LogP contribution in [0.15, 0.2) is 11.6 Å². The van der Waals surface area contributed by atoms with Crippen LogP contribution in [0.25, 0.3) is 0 Å². The van der Waals surface area contributed by atoms with Gasteiger partial charge in [0, 0.05) is 25.9 Å². The van der Waals surface area contributed by atoms with Gasteiger partial charge in [-0.15, -0.1) is 0 Å². The fourth-order valence-corrected chi connectivity index (χ4v) is 2.63. The molecule has 3 heteroatoms. The highest BCUT2D eigenvalue weighted by Crippen LogP contribution is 2.23. The molecule has 0 unspecified atom stereocenters. The van der Waals surface area contributed by atoms with Crippen LogP contribution in [0.1, 0.15) is 45.4 Å². The summed E-state index contributed by atoms with van der Waals surface area (Å²) in [6.07, 6.45) is 7.31. The maximum Gasteiger partial charge on any atom is 0.222 e. The number of allylic oxidation sites excluding steroid dienone is 2. The lowest BCUT2D eigenvalue weighted by molar-refractivity contribution is -0.127. The first-order valence-corrected chi connectivity index (χ1v) is 6.67. The minimum atomic E-state index is 0.280. The molecule has 1 amide bonds. The minimum Gasteiger partial charge on any atom is -0.343 e. The molecular weight excluding hydrogens is 214 g/mol. The number of amides is 1. The summed E-state index contributed by atoms with van der Waals surface area (Å²) < 4.78 is 0. The molecule has 1 fully saturated rings. The second kappa shape index (κ2) is 5.48. The van der Waals surface area contributed by atoms with Gasteiger partial charge < -0.3 is 4.90 Å². The molecule has 0 N–H and O–H groups in total. The van der Waals surface area contributed by atoms with Crippen molar-refractivity contribution in [3.63, 3.8) is 0 Å². The summed E-state index contributed by atoms with van der Waals surface area (Å²) in [7, 11) is 0. The van der Waals surface area contributed by atoms with Crippen molar-refractivity contribution in [2.75, 3.05) is 13.1 Å². The fraction of sp³-hybridized carbons (Fsp3) is 0.714. The Morgan fingerprint density at radius 1 is 1.41 bits per heavy atom. The number of likely N-dealkylation sites (tertiary alicyclic amines) is 1. The van der Waals surface area contributed by atoms with E-state index < -0.39 is 0 Å². The summed E-state index contributed by atoms with van der Waals surface area (Å²) in [6.45, 7) is 3.84. The van der Waals surface area contributed by atoms with E-state index in [4.69, 9.17) is 0 Å². The standard InChI is InChI=1S/C14H21NO2/c1-11-6-7-12(13(16)10-11)4-2-8-15-9-3-5-14(15)17/h7,11H,2-6,8-10H2,1H3/t11-/m0/s1. The van der Waals surface area contributed by atoms with Crippen molar-refractivity contribution in [1.29, 1.82) is 0 Å². The lowest BCUT2D eigenvalue weighted by Gasteiger charge is -2.19. The van der Waals surface area contributed by atoms with E-state index in [1.165, 1.54) is 0 Å². The number of hydrogen-bond donors (Lipinski definition) is 0. The third-order valence-corrected chi connectivity index (χ3v) is 3.70. The molecule has 0 aromatic carbocycles. The molecule has 1 atom stereocenters. The lowest BCUT2D eigenvalue weighted by atomic mass is 9.88. The van der Waals surface area contributed by atoms with E-state index in [2.05, 4.69) is 13.0 Å². The fourth-order valence-electron chi connectivity index (χ4n) is 2.63. The molecule has 0 radical (unpaired) electrons. The Morgan fingerprint density at radius 2 is 2.24 bits per heavy atom. The van der Waals surface area contributed by atoms with Crippen LogP contribution in [0.3, 0.4) is 0 Å². The first-order valence-electron chi connectivity index (χ1n) is 6.67. The molecule has 2 rings (SSSR count). The summed E-state index contributed by atoms with van der Waals surface area (Å²) in [5.74, 6) is 1.10. The summed E-state index contributed by atoms with van der Waals surface area (Å²) >= 11 is 0. The highest BCUT2D eigenvalue weighted by Gasteiger charge is 2.21. The van der Waals surface area contributed by atoms with Crippen LogP contribution in [0.4, 0.5) is 0 Å². The average molecular weight is 235 g/mol. The number of nitrogens with zero attached hydrogens (tertiary/aromatic N) is 1. The Morgan fingerprint density at radius 3 is 2.88 bits per heavy atom. The minimum absolute atomic E-state index is 0.280. The van der Waals surface area contributed by atoms with Crippen LogP contribution in [0.5, 0.6) is 0 Å². The van der Waals surface area contributed by atoms with Crippen LogP contribution in [-0.2, 0) is 9.59 Å². The highest BCUT2D eigenvalue weighted by atomic mass is 16.2. The van der Waals surface area contributed by atoms with Crippen molar-refractivity contribution in [2.24, 2.45) is 5.92 Å². The third kappa shape index (κ3) is 3.18. The quantitative estimate of drug-likeness (QED) is 0.750. The van der Waals surface area contributed by atoms with Gasteiger partial charge in [-0.2, -0.15) is 0 Å². The van der Waals surface area contributed by atoms with Gasteiger partial charge >= 0.3 is 0 Å². The number of carbonyl (C=O) groups is 2. The molecule has 1 heterocycles. The van der Waals surface area contributed by atoms with Crippen molar-refractivity contribution >= 4 is 11.7 Å². The van der Waals surface area contributed by atoms with Gasteiger partial charge in [-0.1, -0.05) is 13.0 Å². The number of rotatable bonds is 4. The SMILES string of the molecule is C[C@H]1CC=C(CCCN2CCCC2=O)C(=O)C1. The molecule has 0 aromatic heterocycles. The second-order valence-corrected chi connectivity index (χ2v) is 5.29. The zero-order chi connectivity index (χ0) is 12.3. The maximum absolute atomic E-state index is 11.7. The monoisotopic (exact) mass is 235 g/mol. The predicted molar refractivity (Wildman–Crippen MR) is 66.5 cm³/mol. The Hall–Kier alpha value is -1.12. The molecule has 0 bridgehead atoms. The van der Waals surface area contributed by atoms with E-state index in [0.717, 1.165) is 44.3 Å². The Balaban J connectivity index is 1.75. The first-order chi connectivity index (χ1) is 8.16. The third-order valence-electron chi connectivity index (χ3n) is 3.70. The molecule has 0 aromatic rings. The van der Waals surface area contributed by atoms with Crippen molar-refractivity contribution < 1.29 is 9.59 Å². The molecule has 3 nitrogen and oxygen atoms in total. The molecule has 17 heavy (non-hydrogen) atoms. The summed E-state index contributed by atoms with van der Waals surface area (Å²) in [6, 6.07) is 0. The van der Waals surface area contributed by atoms with Crippen molar-refractivity contribution in [3.8, 4) is 0 Å². The molecule has 2 aliphatic rings. The summed E-state index contributed by atoms with van der Waals surface area (Å²) in [5, 5.41) is 0. The van der Waals surface area contributed by atoms with Gasteiger partial charge in [0.25, 0.3) is 0 Å². The van der Waals surface area contributed by atoms with Crippen LogP contribution in [0.2, 0.25) is 0 Å². The lowest BCUT2D eigenvalue weighted by Crippen LogP contribution is -2.26. The normalized spacial score (nSPS) is 25.4. The number of carbonyl (C=O) groups excluding carboxylic acids is 2. The summed E-state index contributed by atoms with van der Waals surface area (Å²) in [4.78, 5) is 25.1. The highest BCUT2D eigenvalue weighted by molar-refractivity contribution is 5.96. The van der Waals surface area contributed by atoms with Gasteiger partial charge in [0.2, 0.25) is 5.91 Å². The Kier molecular flexibility index (Phi) is 3.97. The zero-order valence-corrected chi connectivity index (χ0v) is 10.6. The van der Waals surface area contributed by atoms with Crippen molar-refractivity contribution in [2.45, 2.75) is 45.4 Å². The van der Waals surface area contributed by atoms with E-state index in [9.17, 15) is 9.59 Å². The van der Waals surface area contributed by atoms with Gasteiger partial charge in [0.05, 0.1) is 0 Å². The van der Waals surface area contributed by atoms with Crippen LogP contribution in [-0.4, -0.2) is 29.7 Å². The maximum atomic E-state index is 11.7. The molecule has 1 saturated heterocycles. The van der Waals surface area contributed by atoms with Gasteiger partial charge in [0.1, 0.15) is 0 Å². The van der Waals surface area contributed by atoms with Gasteiger partial charge in [-0.3, -0.25) is 9.59 Å². The predicted octanol–water partition coefficient (Wildman–Crippen LogP) is 2.31. The zero-order valence-electron chi connectivity index (χ0n) is 10.6. The van der Waals surface area contributed by atoms with Gasteiger partial charge in [-0.05, 0) is 37.2 Å². The van der Waals surface area contributed by atoms with Gasteiger partial charge in [-0.25, -0.2) is 0 Å².